The Bertz CT molecular complexity index is 1020. The minimum absolute atomic E-state index is 0.255. The van der Waals surface area contributed by atoms with Gasteiger partial charge in [-0.15, -0.1) is 4.72 Å². The maximum atomic E-state index is 13.8. The summed E-state index contributed by atoms with van der Waals surface area (Å²) in [5.41, 5.74) is -3.30. The molecule has 0 aliphatic carbocycles. The maximum absolute atomic E-state index is 13.8. The molecule has 0 unspecified atom stereocenters. The number of amidine groups is 1. The quantitative estimate of drug-likeness (QED) is 0.636. The van der Waals surface area contributed by atoms with Crippen molar-refractivity contribution in [3.05, 3.63) is 60.2 Å². The Balaban J connectivity index is 2.05. The summed E-state index contributed by atoms with van der Waals surface area (Å²) in [7, 11) is -3.36. The molecule has 0 saturated carbocycles. The van der Waals surface area contributed by atoms with Crippen molar-refractivity contribution < 1.29 is 36.1 Å². The van der Waals surface area contributed by atoms with Crippen LogP contribution in [0.25, 0.3) is 0 Å². The lowest BCUT2D eigenvalue weighted by molar-refractivity contribution is -0.579. The number of rotatable bonds is 5. The summed E-state index contributed by atoms with van der Waals surface area (Å²) in [4.78, 5) is 13.8. The molecule has 0 bridgehead atoms. The first-order valence-electron chi connectivity index (χ1n) is 7.86. The summed E-state index contributed by atoms with van der Waals surface area (Å²) in [6, 6.07) is 12.4. The van der Waals surface area contributed by atoms with Crippen molar-refractivity contribution in [1.29, 1.82) is 0 Å². The molecule has 0 saturated heterocycles. The molecule has 1 aliphatic heterocycles. The lowest BCUT2D eigenvalue weighted by atomic mass is 10.2. The van der Waals surface area contributed by atoms with Crippen molar-refractivity contribution in [1.82, 2.24) is 10.0 Å². The van der Waals surface area contributed by atoms with Crippen LogP contribution in [0.4, 0.5) is 13.2 Å². The molecule has 3 N–H and O–H groups in total. The number of sulfonamides is 1. The summed E-state index contributed by atoms with van der Waals surface area (Å²) >= 11 is 0. The van der Waals surface area contributed by atoms with Gasteiger partial charge < -0.3 is 4.74 Å². The van der Waals surface area contributed by atoms with Gasteiger partial charge in [0.1, 0.15) is 5.75 Å². The summed E-state index contributed by atoms with van der Waals surface area (Å²) in [5, 5.41) is 2.06. The molecule has 0 radical (unpaired) electrons. The highest BCUT2D eigenvalue weighted by Crippen LogP contribution is 2.29. The minimum Gasteiger partial charge on any atom is -0.497 e. The van der Waals surface area contributed by atoms with E-state index in [-0.39, 0.29) is 11.4 Å². The van der Waals surface area contributed by atoms with Crippen LogP contribution in [0.15, 0.2) is 59.5 Å². The van der Waals surface area contributed by atoms with Gasteiger partial charge >= 0.3 is 17.7 Å². The molecule has 28 heavy (non-hydrogen) atoms. The number of methoxy groups -OCH3 is 1. The van der Waals surface area contributed by atoms with Crippen LogP contribution in [-0.2, 0) is 14.8 Å². The molecule has 11 heteroatoms. The third kappa shape index (κ3) is 3.45. The van der Waals surface area contributed by atoms with Gasteiger partial charge in [0.25, 0.3) is 5.84 Å². The number of halogens is 3. The molecule has 0 spiro atoms. The van der Waals surface area contributed by atoms with Gasteiger partial charge in [0.05, 0.1) is 17.6 Å². The van der Waals surface area contributed by atoms with Crippen molar-refractivity contribution in [2.24, 2.45) is 0 Å². The van der Waals surface area contributed by atoms with Gasteiger partial charge in [-0.1, -0.05) is 18.2 Å². The summed E-state index contributed by atoms with van der Waals surface area (Å²) in [6.45, 7) is 0. The third-order valence-corrected chi connectivity index (χ3v) is 5.50. The number of hydrogen-bond acceptors (Lipinski definition) is 4. The predicted molar refractivity (Wildman–Crippen MR) is 91.8 cm³/mol. The van der Waals surface area contributed by atoms with Gasteiger partial charge in [-0.2, -0.15) is 13.2 Å². The monoisotopic (exact) mass is 414 g/mol. The first-order chi connectivity index (χ1) is 13.1. The number of amides is 1. The molecule has 1 amide bonds. The number of hydrogen-bond donors (Lipinski definition) is 3. The van der Waals surface area contributed by atoms with Gasteiger partial charge in [0.2, 0.25) is 10.0 Å². The SMILES string of the molecule is COc1ccc(S(=O)(=O)N[C@@]2(C(F)(F)F)[NH+]=C(c3ccccc3)NC2=O)cc1. The second kappa shape index (κ2) is 6.91. The van der Waals surface area contributed by atoms with Gasteiger partial charge in [-0.05, 0) is 36.4 Å². The molecule has 2 aromatic rings. The maximum Gasteiger partial charge on any atom is 0.460 e. The zero-order valence-electron chi connectivity index (χ0n) is 14.4. The topological polar surface area (TPSA) is 98.5 Å². The molecular formula is C17H15F3N3O4S+. The minimum atomic E-state index is -5.27. The van der Waals surface area contributed by atoms with Crippen molar-refractivity contribution in [2.45, 2.75) is 16.7 Å². The highest BCUT2D eigenvalue weighted by Gasteiger charge is 2.70. The van der Waals surface area contributed by atoms with Crippen molar-refractivity contribution in [3.63, 3.8) is 0 Å². The Labute approximate surface area is 158 Å². The molecule has 7 nitrogen and oxygen atoms in total. The van der Waals surface area contributed by atoms with Crippen LogP contribution in [0.2, 0.25) is 0 Å². The third-order valence-electron chi connectivity index (χ3n) is 4.04. The molecule has 2 aromatic carbocycles. The van der Waals surface area contributed by atoms with E-state index in [1.807, 2.05) is 4.99 Å². The zero-order valence-corrected chi connectivity index (χ0v) is 15.2. The van der Waals surface area contributed by atoms with E-state index in [0.29, 0.717) is 5.75 Å². The molecule has 1 atom stereocenters. The van der Waals surface area contributed by atoms with E-state index in [1.165, 1.54) is 36.1 Å². The molecule has 148 valence electrons. The summed E-state index contributed by atoms with van der Waals surface area (Å²) in [5.74, 6) is -1.53. The first kappa shape index (κ1) is 19.8. The van der Waals surface area contributed by atoms with E-state index >= 15 is 0 Å². The Morgan fingerprint density at radius 2 is 1.68 bits per heavy atom. The lowest BCUT2D eigenvalue weighted by Crippen LogP contribution is -2.96. The number of benzene rings is 2. The van der Waals surface area contributed by atoms with Crippen molar-refractivity contribution in [2.75, 3.05) is 7.11 Å². The molecular weight excluding hydrogens is 399 g/mol. The Kier molecular flexibility index (Phi) is 4.90. The van der Waals surface area contributed by atoms with Gasteiger partial charge in [0.15, 0.2) is 0 Å². The summed E-state index contributed by atoms with van der Waals surface area (Å²) < 4.78 is 73.0. The second-order valence-corrected chi connectivity index (χ2v) is 7.53. The van der Waals surface area contributed by atoms with Gasteiger partial charge in [-0.25, -0.2) is 23.5 Å². The Hall–Kier alpha value is -2.92. The highest BCUT2D eigenvalue weighted by molar-refractivity contribution is 7.89. The van der Waals surface area contributed by atoms with Crippen molar-refractivity contribution in [3.8, 4) is 5.75 Å². The fraction of sp³-hybridized carbons (Fsp3) is 0.176. The van der Waals surface area contributed by atoms with Crippen LogP contribution in [0.3, 0.4) is 0 Å². The van der Waals surface area contributed by atoms with Gasteiger partial charge in [0, 0.05) is 0 Å². The van der Waals surface area contributed by atoms with Crippen molar-refractivity contribution >= 4 is 21.8 Å². The smallest absolute Gasteiger partial charge is 0.460 e. The number of carbonyl (C=O) groups excluding carboxylic acids is 1. The number of alkyl halides is 3. The van der Waals surface area contributed by atoms with E-state index < -0.39 is 32.7 Å². The van der Waals surface area contributed by atoms with Crippen LogP contribution in [0.1, 0.15) is 5.56 Å². The van der Waals surface area contributed by atoms with Crippen LogP contribution in [0, 0.1) is 0 Å². The number of nitrogens with one attached hydrogen (secondary N) is 3. The lowest BCUT2D eigenvalue weighted by Gasteiger charge is -2.23. The van der Waals surface area contributed by atoms with E-state index in [4.69, 9.17) is 4.74 Å². The average Bonchev–Trinajstić information content (AvgIpc) is 2.99. The molecule has 1 heterocycles. The highest BCUT2D eigenvalue weighted by atomic mass is 32.2. The molecule has 1 aliphatic rings. The van der Waals surface area contributed by atoms with E-state index in [0.717, 1.165) is 12.1 Å². The molecule has 0 aromatic heterocycles. The number of ether oxygens (including phenoxy) is 1. The zero-order chi connectivity index (χ0) is 20.6. The number of carbonyl (C=O) groups is 1. The average molecular weight is 414 g/mol. The van der Waals surface area contributed by atoms with E-state index in [1.54, 1.807) is 18.2 Å². The summed E-state index contributed by atoms with van der Waals surface area (Å²) in [6.07, 6.45) is -5.27. The Morgan fingerprint density at radius 1 is 1.07 bits per heavy atom. The largest absolute Gasteiger partial charge is 0.497 e. The molecule has 3 rings (SSSR count). The Morgan fingerprint density at radius 3 is 2.21 bits per heavy atom. The van der Waals surface area contributed by atoms with Gasteiger partial charge in [-0.3, -0.25) is 0 Å². The van der Waals surface area contributed by atoms with Crippen LogP contribution >= 0.6 is 0 Å². The second-order valence-electron chi connectivity index (χ2n) is 5.85. The molecule has 0 fully saturated rings. The fourth-order valence-electron chi connectivity index (χ4n) is 2.58. The fourth-order valence-corrected chi connectivity index (χ4v) is 3.85. The predicted octanol–water partition coefficient (Wildman–Crippen LogP) is -0.111. The van der Waals surface area contributed by atoms with E-state index in [9.17, 15) is 26.4 Å². The van der Waals surface area contributed by atoms with E-state index in [2.05, 4.69) is 5.32 Å². The first-order valence-corrected chi connectivity index (χ1v) is 9.34. The standard InChI is InChI=1S/C17H14F3N3O4S/c1-27-12-7-9-13(10-8-12)28(25,26)23-16(17(18,19)20)15(24)21-14(22-16)11-5-3-2-4-6-11/h2-10,23H,1H3,(H,21,22,24)/p+1/t16-/m0/s1. The van der Waals surface area contributed by atoms with Crippen LogP contribution in [-0.4, -0.2) is 39.1 Å². The van der Waals surface area contributed by atoms with Crippen LogP contribution in [0.5, 0.6) is 5.75 Å². The normalized spacial score (nSPS) is 19.9. The van der Waals surface area contributed by atoms with Crippen LogP contribution < -0.4 is 19.8 Å².